The molecule has 0 aliphatic heterocycles. The molecule has 0 saturated heterocycles. The van der Waals surface area contributed by atoms with Gasteiger partial charge in [0.25, 0.3) is 0 Å². The van der Waals surface area contributed by atoms with Crippen LogP contribution in [0.4, 0.5) is 0 Å². The zero-order chi connectivity index (χ0) is 21.7. The van der Waals surface area contributed by atoms with Crippen molar-refractivity contribution in [2.45, 2.75) is 65.7 Å². The maximum absolute atomic E-state index is 12.3. The van der Waals surface area contributed by atoms with E-state index in [-0.39, 0.29) is 24.0 Å². The molecule has 1 aromatic rings. The van der Waals surface area contributed by atoms with Crippen molar-refractivity contribution in [2.75, 3.05) is 26.5 Å². The van der Waals surface area contributed by atoms with Gasteiger partial charge in [0.1, 0.15) is 12.4 Å². The van der Waals surface area contributed by atoms with Crippen molar-refractivity contribution in [2.24, 2.45) is 0 Å². The van der Waals surface area contributed by atoms with Crippen LogP contribution in [0.2, 0.25) is 0 Å². The van der Waals surface area contributed by atoms with E-state index in [2.05, 4.69) is 26.8 Å². The molecular weight excluding hydrogens is 387 g/mol. The van der Waals surface area contributed by atoms with Gasteiger partial charge in [-0.05, 0) is 66.9 Å². The summed E-state index contributed by atoms with van der Waals surface area (Å²) < 4.78 is 28.6. The predicted octanol–water partition coefficient (Wildman–Crippen LogP) is 5.72. The standard InChI is InChI=1S/C23H35O5P/c1-7-27-29(25,8-2)28-16-18(24)14-13-17-15-21(23(3,4)5)22(26-6)20-12-10-9-11-19(17)20/h13-15H,7-12,16H2,1-6H3. The molecule has 0 aromatic heterocycles. The molecule has 0 heterocycles. The smallest absolute Gasteiger partial charge is 0.330 e. The highest BCUT2D eigenvalue weighted by Gasteiger charge is 2.26. The first-order valence-corrected chi connectivity index (χ1v) is 12.2. The summed E-state index contributed by atoms with van der Waals surface area (Å²) in [7, 11) is -1.44. The SMILES string of the molecule is CCOP(=O)(CC)OCC(=O)C=Cc1cc(C(C)(C)C)c(OC)c2c1CCCC2. The van der Waals surface area contributed by atoms with E-state index in [1.807, 2.05) is 6.08 Å². The summed E-state index contributed by atoms with van der Waals surface area (Å²) >= 11 is 0. The van der Waals surface area contributed by atoms with Crippen molar-refractivity contribution in [3.63, 3.8) is 0 Å². The maximum atomic E-state index is 12.3. The van der Waals surface area contributed by atoms with Gasteiger partial charge in [0, 0.05) is 11.7 Å². The molecule has 0 spiro atoms. The van der Waals surface area contributed by atoms with E-state index in [9.17, 15) is 9.36 Å². The average molecular weight is 423 g/mol. The highest BCUT2D eigenvalue weighted by atomic mass is 31.2. The van der Waals surface area contributed by atoms with Crippen LogP contribution in [0.15, 0.2) is 12.1 Å². The van der Waals surface area contributed by atoms with Crippen molar-refractivity contribution >= 4 is 19.5 Å². The second-order valence-electron chi connectivity index (χ2n) is 8.38. The summed E-state index contributed by atoms with van der Waals surface area (Å²) in [6.07, 6.45) is 7.90. The molecule has 0 saturated carbocycles. The van der Waals surface area contributed by atoms with Gasteiger partial charge in [-0.3, -0.25) is 9.36 Å². The van der Waals surface area contributed by atoms with Crippen LogP contribution in [0.25, 0.3) is 6.08 Å². The molecule has 2 rings (SSSR count). The van der Waals surface area contributed by atoms with Gasteiger partial charge in [-0.2, -0.15) is 0 Å². The molecule has 0 fully saturated rings. The topological polar surface area (TPSA) is 61.8 Å². The molecule has 1 unspecified atom stereocenters. The molecule has 5 nitrogen and oxygen atoms in total. The number of hydrogen-bond acceptors (Lipinski definition) is 5. The van der Waals surface area contributed by atoms with Crippen molar-refractivity contribution in [1.29, 1.82) is 0 Å². The quantitative estimate of drug-likeness (QED) is 0.376. The first-order valence-electron chi connectivity index (χ1n) is 10.5. The Hall–Kier alpha value is -1.42. The van der Waals surface area contributed by atoms with Crippen molar-refractivity contribution in [1.82, 2.24) is 0 Å². The van der Waals surface area contributed by atoms with E-state index >= 15 is 0 Å². The number of carbonyl (C=O) groups is 1. The van der Waals surface area contributed by atoms with Gasteiger partial charge < -0.3 is 13.8 Å². The van der Waals surface area contributed by atoms with Crippen molar-refractivity contribution in [3.05, 3.63) is 34.4 Å². The monoisotopic (exact) mass is 422 g/mol. The minimum absolute atomic E-state index is 0.0706. The third-order valence-electron chi connectivity index (χ3n) is 5.21. The molecule has 0 amide bonds. The molecular formula is C23H35O5P. The minimum atomic E-state index is -3.18. The highest BCUT2D eigenvalue weighted by Crippen LogP contribution is 2.47. The fourth-order valence-electron chi connectivity index (χ4n) is 3.69. The molecule has 6 heteroatoms. The minimum Gasteiger partial charge on any atom is -0.496 e. The van der Waals surface area contributed by atoms with Crippen LogP contribution < -0.4 is 4.74 Å². The molecule has 1 atom stereocenters. The summed E-state index contributed by atoms with van der Waals surface area (Å²) in [6, 6.07) is 2.14. The third kappa shape index (κ3) is 6.04. The molecule has 1 aliphatic rings. The molecule has 29 heavy (non-hydrogen) atoms. The Balaban J connectivity index is 2.30. The van der Waals surface area contributed by atoms with Gasteiger partial charge in [-0.25, -0.2) is 0 Å². The molecule has 0 N–H and O–H groups in total. The van der Waals surface area contributed by atoms with Gasteiger partial charge in [0.15, 0.2) is 5.78 Å². The zero-order valence-electron chi connectivity index (χ0n) is 18.7. The van der Waals surface area contributed by atoms with Crippen LogP contribution in [0.1, 0.15) is 69.7 Å². The number of fused-ring (bicyclic) bond motifs is 1. The number of hydrogen-bond donors (Lipinski definition) is 0. The Morgan fingerprint density at radius 3 is 2.34 bits per heavy atom. The number of carbonyl (C=O) groups excluding carboxylic acids is 1. The lowest BCUT2D eigenvalue weighted by Gasteiger charge is -2.29. The Morgan fingerprint density at radius 1 is 1.14 bits per heavy atom. The zero-order valence-corrected chi connectivity index (χ0v) is 19.6. The van der Waals surface area contributed by atoms with Gasteiger partial charge >= 0.3 is 7.60 Å². The van der Waals surface area contributed by atoms with E-state index in [1.54, 1.807) is 21.0 Å². The summed E-state index contributed by atoms with van der Waals surface area (Å²) in [5.74, 6) is 0.760. The van der Waals surface area contributed by atoms with Crippen LogP contribution in [-0.4, -0.2) is 32.3 Å². The van der Waals surface area contributed by atoms with Gasteiger partial charge in [-0.1, -0.05) is 33.8 Å². The number of ether oxygens (including phenoxy) is 1. The lowest BCUT2D eigenvalue weighted by Crippen LogP contribution is -2.17. The van der Waals surface area contributed by atoms with Gasteiger partial charge in [-0.15, -0.1) is 0 Å². The van der Waals surface area contributed by atoms with E-state index in [0.717, 1.165) is 42.6 Å². The summed E-state index contributed by atoms with van der Waals surface area (Å²) in [4.78, 5) is 12.3. The Bertz CT molecular complexity index is 804. The van der Waals surface area contributed by atoms with E-state index in [4.69, 9.17) is 13.8 Å². The lowest BCUT2D eigenvalue weighted by molar-refractivity contribution is -0.116. The summed E-state index contributed by atoms with van der Waals surface area (Å²) in [6.45, 7) is 10.0. The molecule has 0 bridgehead atoms. The van der Waals surface area contributed by atoms with E-state index in [0.29, 0.717) is 6.61 Å². The maximum Gasteiger partial charge on any atom is 0.330 e. The Kier molecular flexibility index (Phi) is 8.28. The number of benzene rings is 1. The fourth-order valence-corrected chi connectivity index (χ4v) is 4.85. The van der Waals surface area contributed by atoms with Crippen LogP contribution in [0.5, 0.6) is 5.75 Å². The summed E-state index contributed by atoms with van der Waals surface area (Å²) in [5.41, 5.74) is 4.66. The fraction of sp³-hybridized carbons (Fsp3) is 0.609. The number of methoxy groups -OCH3 is 1. The largest absolute Gasteiger partial charge is 0.496 e. The number of rotatable bonds is 9. The van der Waals surface area contributed by atoms with Crippen LogP contribution >= 0.6 is 7.60 Å². The highest BCUT2D eigenvalue weighted by molar-refractivity contribution is 7.53. The first-order chi connectivity index (χ1) is 13.6. The predicted molar refractivity (Wildman–Crippen MR) is 118 cm³/mol. The average Bonchev–Trinajstić information content (AvgIpc) is 2.69. The van der Waals surface area contributed by atoms with Crippen LogP contribution in [-0.2, 0) is 36.7 Å². The van der Waals surface area contributed by atoms with Crippen LogP contribution in [0.3, 0.4) is 0 Å². The van der Waals surface area contributed by atoms with Crippen molar-refractivity contribution in [3.8, 4) is 5.75 Å². The van der Waals surface area contributed by atoms with Crippen molar-refractivity contribution < 1.29 is 23.1 Å². The first kappa shape index (κ1) is 23.9. The van der Waals surface area contributed by atoms with E-state index < -0.39 is 7.60 Å². The van der Waals surface area contributed by atoms with Gasteiger partial charge in [0.05, 0.1) is 13.7 Å². The summed E-state index contributed by atoms with van der Waals surface area (Å²) in [5, 5.41) is 0. The Labute approximate surface area is 175 Å². The lowest BCUT2D eigenvalue weighted by atomic mass is 9.78. The molecule has 1 aliphatic carbocycles. The van der Waals surface area contributed by atoms with Crippen LogP contribution in [0, 0.1) is 0 Å². The third-order valence-corrected chi connectivity index (χ3v) is 7.16. The second kappa shape index (κ2) is 10.1. The molecule has 1 aromatic carbocycles. The Morgan fingerprint density at radius 2 is 1.79 bits per heavy atom. The molecule has 162 valence electrons. The van der Waals surface area contributed by atoms with E-state index in [1.165, 1.54) is 17.2 Å². The second-order valence-corrected chi connectivity index (χ2v) is 10.7. The normalized spacial score (nSPS) is 16.5. The molecule has 0 radical (unpaired) electrons. The van der Waals surface area contributed by atoms with Gasteiger partial charge in [0.2, 0.25) is 0 Å². The number of ketones is 1.